The number of benzene rings is 3. The summed E-state index contributed by atoms with van der Waals surface area (Å²) in [6.45, 7) is 0.495. The molecule has 0 spiro atoms. The molecule has 0 amide bonds. The van der Waals surface area contributed by atoms with Gasteiger partial charge >= 0.3 is 0 Å². The maximum atomic E-state index is 12.1. The molecule has 26 heavy (non-hydrogen) atoms. The smallest absolute Gasteiger partial charge is 0.189 e. The first-order valence-electron chi connectivity index (χ1n) is 8.13. The number of carbonyl (C=O) groups is 1. The van der Waals surface area contributed by atoms with Gasteiger partial charge in [-0.05, 0) is 41.5 Å². The van der Waals surface area contributed by atoms with Gasteiger partial charge in [0.2, 0.25) is 0 Å². The summed E-state index contributed by atoms with van der Waals surface area (Å²) in [6, 6.07) is 21.2. The molecule has 0 aromatic heterocycles. The first-order chi connectivity index (χ1) is 12.6. The Morgan fingerprint density at radius 2 is 1.65 bits per heavy atom. The van der Waals surface area contributed by atoms with Crippen LogP contribution >= 0.6 is 0 Å². The number of allylic oxidation sites excluding steroid dienone is 1. The fourth-order valence-electron chi connectivity index (χ4n) is 2.41. The number of ketones is 1. The summed E-state index contributed by atoms with van der Waals surface area (Å²) in [6.07, 6.45) is 3.04. The van der Waals surface area contributed by atoms with E-state index < -0.39 is 0 Å². The third-order valence-corrected chi connectivity index (χ3v) is 3.80. The molecule has 2 N–H and O–H groups in total. The quantitative estimate of drug-likeness (QED) is 0.507. The lowest BCUT2D eigenvalue weighted by atomic mass is 10.1. The summed E-state index contributed by atoms with van der Waals surface area (Å²) in [5.41, 5.74) is 2.07. The first-order valence-corrected chi connectivity index (χ1v) is 8.13. The van der Waals surface area contributed by atoms with Crippen LogP contribution in [-0.2, 0) is 6.61 Å². The number of aromatic hydroxyl groups is 2. The zero-order valence-corrected chi connectivity index (χ0v) is 14.0. The Morgan fingerprint density at radius 1 is 0.923 bits per heavy atom. The highest BCUT2D eigenvalue weighted by molar-refractivity contribution is 6.08. The van der Waals surface area contributed by atoms with Crippen LogP contribution in [0, 0.1) is 0 Å². The second-order valence-electron chi connectivity index (χ2n) is 5.74. The fourth-order valence-corrected chi connectivity index (χ4v) is 2.41. The van der Waals surface area contributed by atoms with Crippen molar-refractivity contribution >= 4 is 11.9 Å². The summed E-state index contributed by atoms with van der Waals surface area (Å²) in [5, 5.41) is 19.0. The van der Waals surface area contributed by atoms with E-state index in [0.29, 0.717) is 6.61 Å². The van der Waals surface area contributed by atoms with Crippen molar-refractivity contribution in [2.24, 2.45) is 0 Å². The SMILES string of the molecule is O=C(C=Cc1ccc(OCc2ccccc2)cc1)c1ccc(O)cc1O. The van der Waals surface area contributed by atoms with Gasteiger partial charge in [-0.2, -0.15) is 0 Å². The molecule has 0 atom stereocenters. The Hall–Kier alpha value is -3.53. The Labute approximate surface area is 151 Å². The zero-order valence-electron chi connectivity index (χ0n) is 14.0. The molecule has 0 fully saturated rings. The van der Waals surface area contributed by atoms with Gasteiger partial charge < -0.3 is 14.9 Å². The fraction of sp³-hybridized carbons (Fsp3) is 0.0455. The van der Waals surface area contributed by atoms with E-state index in [1.807, 2.05) is 54.6 Å². The molecular weight excluding hydrogens is 328 g/mol. The lowest BCUT2D eigenvalue weighted by Crippen LogP contribution is -1.95. The van der Waals surface area contributed by atoms with Crippen LogP contribution in [0.5, 0.6) is 17.2 Å². The molecule has 0 radical (unpaired) electrons. The van der Waals surface area contributed by atoms with Gasteiger partial charge in [-0.1, -0.05) is 48.5 Å². The average Bonchev–Trinajstić information content (AvgIpc) is 2.66. The predicted molar refractivity (Wildman–Crippen MR) is 100 cm³/mol. The van der Waals surface area contributed by atoms with Crippen molar-refractivity contribution in [1.29, 1.82) is 0 Å². The molecule has 4 nitrogen and oxygen atoms in total. The molecule has 0 aliphatic carbocycles. The molecule has 0 heterocycles. The van der Waals surface area contributed by atoms with E-state index in [1.54, 1.807) is 6.08 Å². The normalized spacial score (nSPS) is 10.8. The van der Waals surface area contributed by atoms with Crippen molar-refractivity contribution < 1.29 is 19.7 Å². The van der Waals surface area contributed by atoms with E-state index in [9.17, 15) is 15.0 Å². The molecule has 4 heteroatoms. The maximum Gasteiger partial charge on any atom is 0.189 e. The van der Waals surface area contributed by atoms with Crippen molar-refractivity contribution in [2.75, 3.05) is 0 Å². The zero-order chi connectivity index (χ0) is 18.4. The Bertz CT molecular complexity index is 913. The van der Waals surface area contributed by atoms with Gasteiger partial charge in [0.05, 0.1) is 5.56 Å². The van der Waals surface area contributed by atoms with E-state index in [0.717, 1.165) is 22.9 Å². The van der Waals surface area contributed by atoms with Gasteiger partial charge in [0, 0.05) is 6.07 Å². The monoisotopic (exact) mass is 346 g/mol. The minimum atomic E-state index is -0.341. The van der Waals surface area contributed by atoms with E-state index in [1.165, 1.54) is 18.2 Å². The molecule has 0 aliphatic heterocycles. The van der Waals surface area contributed by atoms with Gasteiger partial charge in [0.15, 0.2) is 5.78 Å². The van der Waals surface area contributed by atoms with E-state index in [2.05, 4.69) is 0 Å². The Morgan fingerprint density at radius 3 is 2.35 bits per heavy atom. The third-order valence-electron chi connectivity index (χ3n) is 3.80. The lowest BCUT2D eigenvalue weighted by Gasteiger charge is -2.06. The predicted octanol–water partition coefficient (Wildman–Crippen LogP) is 4.57. The van der Waals surface area contributed by atoms with Gasteiger partial charge in [-0.15, -0.1) is 0 Å². The second-order valence-corrected chi connectivity index (χ2v) is 5.74. The number of carbonyl (C=O) groups excluding carboxylic acids is 1. The Kier molecular flexibility index (Phi) is 5.34. The van der Waals surface area contributed by atoms with E-state index >= 15 is 0 Å². The molecule has 0 saturated heterocycles. The van der Waals surface area contributed by atoms with Gasteiger partial charge in [-0.3, -0.25) is 4.79 Å². The van der Waals surface area contributed by atoms with Gasteiger partial charge in [0.25, 0.3) is 0 Å². The molecule has 3 aromatic carbocycles. The third kappa shape index (κ3) is 4.51. The maximum absolute atomic E-state index is 12.1. The van der Waals surface area contributed by atoms with E-state index in [4.69, 9.17) is 4.74 Å². The first kappa shape index (κ1) is 17.3. The van der Waals surface area contributed by atoms with Gasteiger partial charge in [0.1, 0.15) is 23.9 Å². The summed E-state index contributed by atoms with van der Waals surface area (Å²) < 4.78 is 5.72. The Balaban J connectivity index is 1.61. The summed E-state index contributed by atoms with van der Waals surface area (Å²) in [5.74, 6) is 0.0684. The van der Waals surface area contributed by atoms with Crippen molar-refractivity contribution in [3.63, 3.8) is 0 Å². The van der Waals surface area contributed by atoms with Crippen LogP contribution in [0.2, 0.25) is 0 Å². The van der Waals surface area contributed by atoms with Crippen LogP contribution in [0.15, 0.2) is 78.9 Å². The van der Waals surface area contributed by atoms with Crippen LogP contribution in [0.4, 0.5) is 0 Å². The molecule has 3 aromatic rings. The van der Waals surface area contributed by atoms with Crippen molar-refractivity contribution in [3.05, 3.63) is 95.6 Å². The second kappa shape index (κ2) is 8.03. The van der Waals surface area contributed by atoms with Crippen LogP contribution in [0.25, 0.3) is 6.08 Å². The average molecular weight is 346 g/mol. The van der Waals surface area contributed by atoms with Crippen LogP contribution < -0.4 is 4.74 Å². The highest BCUT2D eigenvalue weighted by Crippen LogP contribution is 2.23. The molecule has 130 valence electrons. The molecular formula is C22H18O4. The summed E-state index contributed by atoms with van der Waals surface area (Å²) in [4.78, 5) is 12.1. The van der Waals surface area contributed by atoms with Crippen molar-refractivity contribution in [3.8, 4) is 17.2 Å². The molecule has 3 rings (SSSR count). The standard InChI is InChI=1S/C22H18O4/c23-18-9-12-20(22(25)14-18)21(24)13-8-16-6-10-19(11-7-16)26-15-17-4-2-1-3-5-17/h1-14,23,25H,15H2. The number of ether oxygens (including phenoxy) is 1. The highest BCUT2D eigenvalue weighted by atomic mass is 16.5. The van der Waals surface area contributed by atoms with Crippen LogP contribution in [0.1, 0.15) is 21.5 Å². The number of hydrogen-bond donors (Lipinski definition) is 2. The van der Waals surface area contributed by atoms with Crippen molar-refractivity contribution in [2.45, 2.75) is 6.61 Å². The van der Waals surface area contributed by atoms with E-state index in [-0.39, 0.29) is 22.8 Å². The van der Waals surface area contributed by atoms with Crippen molar-refractivity contribution in [1.82, 2.24) is 0 Å². The summed E-state index contributed by atoms with van der Waals surface area (Å²) >= 11 is 0. The number of phenols is 2. The lowest BCUT2D eigenvalue weighted by molar-refractivity contribution is 0.104. The molecule has 0 bridgehead atoms. The molecule has 0 aliphatic rings. The number of rotatable bonds is 6. The molecule has 0 saturated carbocycles. The minimum Gasteiger partial charge on any atom is -0.508 e. The number of phenolic OH excluding ortho intramolecular Hbond substituents is 2. The van der Waals surface area contributed by atoms with Crippen LogP contribution in [-0.4, -0.2) is 16.0 Å². The minimum absolute atomic E-state index is 0.0888. The number of hydrogen-bond acceptors (Lipinski definition) is 4. The molecule has 0 unspecified atom stereocenters. The van der Waals surface area contributed by atoms with Crippen LogP contribution in [0.3, 0.4) is 0 Å². The largest absolute Gasteiger partial charge is 0.508 e. The van der Waals surface area contributed by atoms with Gasteiger partial charge in [-0.25, -0.2) is 0 Å². The topological polar surface area (TPSA) is 66.8 Å². The summed E-state index contributed by atoms with van der Waals surface area (Å²) in [7, 11) is 0. The highest BCUT2D eigenvalue weighted by Gasteiger charge is 2.08.